The molecule has 0 aliphatic heterocycles. The van der Waals surface area contributed by atoms with Crippen molar-refractivity contribution >= 4 is 23.5 Å². The van der Waals surface area contributed by atoms with Crippen molar-refractivity contribution in [3.05, 3.63) is 30.0 Å². The van der Waals surface area contributed by atoms with Crippen LogP contribution in [0.3, 0.4) is 0 Å². The van der Waals surface area contributed by atoms with Gasteiger partial charge in [-0.1, -0.05) is 0 Å². The van der Waals surface area contributed by atoms with Crippen molar-refractivity contribution in [3.63, 3.8) is 0 Å². The smallest absolute Gasteiger partial charge is 0.125 e. The molecule has 0 atom stereocenters. The lowest BCUT2D eigenvalue weighted by atomic mass is 10.1. The molecular weight excluding hydrogens is 270 g/mol. The summed E-state index contributed by atoms with van der Waals surface area (Å²) in [6.07, 6.45) is 3.20. The number of nitrogens with one attached hydrogen (secondary N) is 1. The summed E-state index contributed by atoms with van der Waals surface area (Å²) in [5.41, 5.74) is 2.55. The fourth-order valence-electron chi connectivity index (χ4n) is 2.36. The molecule has 0 spiro atoms. The number of methoxy groups -OCH3 is 1. The molecule has 0 radical (unpaired) electrons. The number of hydrogen-bond donors (Lipinski definition) is 4. The van der Waals surface area contributed by atoms with E-state index >= 15 is 0 Å². The van der Waals surface area contributed by atoms with Crippen LogP contribution < -0.4 is 15.4 Å². The van der Waals surface area contributed by atoms with Crippen LogP contribution in [0.25, 0.3) is 10.9 Å². The van der Waals surface area contributed by atoms with Crippen LogP contribution in [0.1, 0.15) is 5.56 Å². The first-order valence-electron chi connectivity index (χ1n) is 7.23. The van der Waals surface area contributed by atoms with Crippen molar-refractivity contribution in [2.75, 3.05) is 39.0 Å². The molecule has 0 aliphatic carbocycles. The topological polar surface area (TPSA) is 58.2 Å². The fourth-order valence-corrected chi connectivity index (χ4v) is 2.55. The van der Waals surface area contributed by atoms with Gasteiger partial charge in [0.05, 0.1) is 20.2 Å². The Balaban J connectivity index is 1.81. The maximum atomic E-state index is 5.30. The first kappa shape index (κ1) is 15.2. The minimum Gasteiger partial charge on any atom is -0.497 e. The van der Waals surface area contributed by atoms with E-state index in [4.69, 9.17) is 4.74 Å². The lowest BCUT2D eigenvalue weighted by molar-refractivity contribution is -0.721. The molecular formula is C15H25N3OS+2. The number of hydrogen-bond acceptors (Lipinski definition) is 2. The van der Waals surface area contributed by atoms with Gasteiger partial charge in [-0.05, 0) is 23.8 Å². The van der Waals surface area contributed by atoms with Crippen molar-refractivity contribution < 1.29 is 15.4 Å². The summed E-state index contributed by atoms with van der Waals surface area (Å²) in [7, 11) is 1.71. The molecule has 110 valence electrons. The van der Waals surface area contributed by atoms with E-state index < -0.39 is 0 Å². The minimum atomic E-state index is 0.920. The van der Waals surface area contributed by atoms with E-state index in [0.29, 0.717) is 0 Å². The molecule has 20 heavy (non-hydrogen) atoms. The highest BCUT2D eigenvalue weighted by Gasteiger charge is 2.05. The fraction of sp³-hybridized carbons (Fsp3) is 0.467. The van der Waals surface area contributed by atoms with E-state index in [9.17, 15) is 0 Å². The van der Waals surface area contributed by atoms with Crippen LogP contribution in [0.5, 0.6) is 5.75 Å². The second kappa shape index (κ2) is 8.19. The number of aromatic amines is 1. The maximum Gasteiger partial charge on any atom is 0.125 e. The Kier molecular flexibility index (Phi) is 6.24. The summed E-state index contributed by atoms with van der Waals surface area (Å²) in [6, 6.07) is 6.18. The van der Waals surface area contributed by atoms with Gasteiger partial charge in [0.1, 0.15) is 18.8 Å². The summed E-state index contributed by atoms with van der Waals surface area (Å²) in [6.45, 7) is 4.57. The first-order chi connectivity index (χ1) is 9.85. The molecule has 5 heteroatoms. The van der Waals surface area contributed by atoms with Crippen molar-refractivity contribution in [2.45, 2.75) is 6.42 Å². The van der Waals surface area contributed by atoms with E-state index in [1.807, 2.05) is 6.07 Å². The molecule has 0 fully saturated rings. The van der Waals surface area contributed by atoms with Crippen molar-refractivity contribution in [2.24, 2.45) is 0 Å². The number of aromatic nitrogens is 1. The zero-order valence-corrected chi connectivity index (χ0v) is 13.0. The average molecular weight is 295 g/mol. The van der Waals surface area contributed by atoms with Crippen LogP contribution in [-0.2, 0) is 6.42 Å². The van der Waals surface area contributed by atoms with Crippen LogP contribution in [0.4, 0.5) is 0 Å². The third kappa shape index (κ3) is 4.16. The van der Waals surface area contributed by atoms with Gasteiger partial charge in [0.15, 0.2) is 0 Å². The van der Waals surface area contributed by atoms with Crippen LogP contribution in [0.2, 0.25) is 0 Å². The number of benzene rings is 1. The largest absolute Gasteiger partial charge is 0.497 e. The summed E-state index contributed by atoms with van der Waals surface area (Å²) in [4.78, 5) is 3.32. The number of rotatable bonds is 9. The summed E-state index contributed by atoms with van der Waals surface area (Å²) in [5, 5.41) is 5.98. The van der Waals surface area contributed by atoms with Gasteiger partial charge in [0.25, 0.3) is 0 Å². The third-order valence-electron chi connectivity index (χ3n) is 3.50. The second-order valence-corrected chi connectivity index (χ2v) is 5.38. The van der Waals surface area contributed by atoms with E-state index in [1.54, 1.807) is 7.11 Å². The Bertz CT molecular complexity index is 527. The number of H-pyrrole nitrogens is 1. The molecule has 4 nitrogen and oxygen atoms in total. The van der Waals surface area contributed by atoms with E-state index in [-0.39, 0.29) is 0 Å². The molecule has 0 saturated heterocycles. The van der Waals surface area contributed by atoms with Crippen LogP contribution in [-0.4, -0.2) is 44.0 Å². The quantitative estimate of drug-likeness (QED) is 0.375. The molecule has 1 aromatic heterocycles. The molecule has 0 aliphatic rings. The van der Waals surface area contributed by atoms with Crippen molar-refractivity contribution in [3.8, 4) is 5.75 Å². The Morgan fingerprint density at radius 1 is 1.15 bits per heavy atom. The summed E-state index contributed by atoms with van der Waals surface area (Å²) >= 11 is 4.20. The normalized spacial score (nSPS) is 11.1. The van der Waals surface area contributed by atoms with Gasteiger partial charge >= 0.3 is 0 Å². The number of fused-ring (bicyclic) bond motifs is 1. The number of ether oxygens (including phenoxy) is 1. The zero-order valence-electron chi connectivity index (χ0n) is 12.1. The van der Waals surface area contributed by atoms with Gasteiger partial charge in [-0.15, -0.1) is 0 Å². The zero-order chi connectivity index (χ0) is 14.2. The molecule has 1 aromatic carbocycles. The van der Waals surface area contributed by atoms with E-state index in [1.165, 1.54) is 29.6 Å². The predicted octanol–water partition coefficient (Wildman–Crippen LogP) is -0.224. The highest BCUT2D eigenvalue weighted by Crippen LogP contribution is 2.23. The van der Waals surface area contributed by atoms with Gasteiger partial charge in [0.2, 0.25) is 0 Å². The average Bonchev–Trinajstić information content (AvgIpc) is 2.88. The molecule has 0 bridgehead atoms. The molecule has 0 saturated carbocycles. The number of thiol groups is 1. The highest BCUT2D eigenvalue weighted by molar-refractivity contribution is 7.80. The van der Waals surface area contributed by atoms with Gasteiger partial charge in [-0.2, -0.15) is 12.6 Å². The third-order valence-corrected chi connectivity index (χ3v) is 3.76. The summed E-state index contributed by atoms with van der Waals surface area (Å²) < 4.78 is 5.30. The Hall–Kier alpha value is -1.17. The molecule has 5 N–H and O–H groups in total. The predicted molar refractivity (Wildman–Crippen MR) is 85.7 cm³/mol. The standard InChI is InChI=1S/C15H23N3OS/c1-19-13-2-3-15-14(10-13)12(11-18-15)4-5-16-6-7-17-8-9-20/h2-3,10-11,16-18,20H,4-9H2,1H3/p+2. The Morgan fingerprint density at radius 3 is 2.70 bits per heavy atom. The molecule has 0 unspecified atom stereocenters. The monoisotopic (exact) mass is 295 g/mol. The number of quaternary nitrogens is 2. The molecule has 2 rings (SSSR count). The second-order valence-electron chi connectivity index (χ2n) is 4.93. The molecule has 1 heterocycles. The van der Waals surface area contributed by atoms with Crippen molar-refractivity contribution in [1.29, 1.82) is 0 Å². The molecule has 0 amide bonds. The van der Waals surface area contributed by atoms with Crippen LogP contribution in [0.15, 0.2) is 24.4 Å². The highest BCUT2D eigenvalue weighted by atomic mass is 32.1. The molecule has 2 aromatic rings. The van der Waals surface area contributed by atoms with Gasteiger partial charge in [-0.25, -0.2) is 0 Å². The van der Waals surface area contributed by atoms with E-state index in [0.717, 1.165) is 31.0 Å². The number of nitrogens with two attached hydrogens (primary N) is 2. The van der Waals surface area contributed by atoms with Crippen LogP contribution >= 0.6 is 12.6 Å². The lowest BCUT2D eigenvalue weighted by Gasteiger charge is -2.02. The van der Waals surface area contributed by atoms with Gasteiger partial charge in [0, 0.05) is 29.3 Å². The van der Waals surface area contributed by atoms with E-state index in [2.05, 4.69) is 46.6 Å². The Morgan fingerprint density at radius 2 is 1.95 bits per heavy atom. The Labute approximate surface area is 125 Å². The minimum absolute atomic E-state index is 0.920. The van der Waals surface area contributed by atoms with Gasteiger partial charge < -0.3 is 20.4 Å². The van der Waals surface area contributed by atoms with Crippen LogP contribution in [0, 0.1) is 0 Å². The van der Waals surface area contributed by atoms with Gasteiger partial charge in [-0.3, -0.25) is 0 Å². The maximum absolute atomic E-state index is 5.30. The van der Waals surface area contributed by atoms with Crippen molar-refractivity contribution in [1.82, 2.24) is 4.98 Å². The summed E-state index contributed by atoms with van der Waals surface area (Å²) in [5.74, 6) is 1.88. The lowest BCUT2D eigenvalue weighted by Crippen LogP contribution is -2.95. The SMILES string of the molecule is COc1ccc2[nH]cc(CC[NH2+]CC[NH2+]CCS)c2c1. The first-order valence-corrected chi connectivity index (χ1v) is 7.86.